The third-order valence-electron chi connectivity index (χ3n) is 4.86. The molecule has 4 rings (SSSR count). The predicted molar refractivity (Wildman–Crippen MR) is 110 cm³/mol. The van der Waals surface area contributed by atoms with Crippen LogP contribution in [0.5, 0.6) is 5.75 Å². The summed E-state index contributed by atoms with van der Waals surface area (Å²) in [5, 5.41) is -0.00910. The summed E-state index contributed by atoms with van der Waals surface area (Å²) in [6.07, 6.45) is 0.347. The van der Waals surface area contributed by atoms with Crippen LogP contribution in [-0.2, 0) is 11.3 Å². The Bertz CT molecular complexity index is 990. The Morgan fingerprint density at radius 3 is 2.50 bits per heavy atom. The number of ether oxygens (including phenoxy) is 1. The van der Waals surface area contributed by atoms with Crippen LogP contribution >= 0.6 is 11.8 Å². The number of para-hydroxylation sites is 1. The molecule has 1 unspecified atom stereocenters. The second-order valence-electron chi connectivity index (χ2n) is 6.62. The Kier molecular flexibility index (Phi) is 5.35. The van der Waals surface area contributed by atoms with Gasteiger partial charge in [-0.3, -0.25) is 4.79 Å². The number of carbonyl (C=O) groups excluding carboxylic acids is 1. The summed E-state index contributed by atoms with van der Waals surface area (Å²) in [5.74, 6) is 0.480. The zero-order valence-electron chi connectivity index (χ0n) is 15.5. The van der Waals surface area contributed by atoms with Crippen molar-refractivity contribution in [2.75, 3.05) is 12.0 Å². The van der Waals surface area contributed by atoms with Crippen LogP contribution in [0.4, 0.5) is 10.1 Å². The number of thioether (sulfide) groups is 1. The summed E-state index contributed by atoms with van der Waals surface area (Å²) in [4.78, 5) is 15.9. The minimum Gasteiger partial charge on any atom is -0.497 e. The Labute approximate surface area is 168 Å². The quantitative estimate of drug-likeness (QED) is 0.577. The number of hydrogen-bond donors (Lipinski definition) is 0. The maximum Gasteiger partial charge on any atom is 0.228 e. The molecule has 3 nitrogen and oxygen atoms in total. The van der Waals surface area contributed by atoms with Gasteiger partial charge in [-0.05, 0) is 35.9 Å². The van der Waals surface area contributed by atoms with Gasteiger partial charge >= 0.3 is 0 Å². The average Bonchev–Trinajstić information content (AvgIpc) is 2.86. The lowest BCUT2D eigenvalue weighted by Crippen LogP contribution is -2.30. The van der Waals surface area contributed by atoms with Crippen LogP contribution in [0.2, 0.25) is 0 Å². The minimum atomic E-state index is -0.295. The number of amides is 1. The fourth-order valence-corrected chi connectivity index (χ4v) is 4.63. The highest BCUT2D eigenvalue weighted by Gasteiger charge is 2.29. The number of halogens is 1. The van der Waals surface area contributed by atoms with E-state index in [4.69, 9.17) is 4.74 Å². The molecule has 0 fully saturated rings. The van der Waals surface area contributed by atoms with Crippen LogP contribution in [-0.4, -0.2) is 13.0 Å². The first-order valence-electron chi connectivity index (χ1n) is 9.09. The molecule has 0 bridgehead atoms. The van der Waals surface area contributed by atoms with E-state index in [-0.39, 0.29) is 23.5 Å². The Hall–Kier alpha value is -2.79. The summed E-state index contributed by atoms with van der Waals surface area (Å²) in [6.45, 7) is 0.221. The molecule has 0 saturated heterocycles. The molecule has 142 valence electrons. The first kappa shape index (κ1) is 18.6. The fraction of sp³-hybridized carbons (Fsp3) is 0.174. The molecule has 28 heavy (non-hydrogen) atoms. The molecule has 1 atom stereocenters. The third kappa shape index (κ3) is 3.76. The molecular weight excluding hydrogens is 373 g/mol. The smallest absolute Gasteiger partial charge is 0.228 e. The van der Waals surface area contributed by atoms with Crippen molar-refractivity contribution in [1.82, 2.24) is 0 Å². The highest BCUT2D eigenvalue weighted by Crippen LogP contribution is 2.46. The van der Waals surface area contributed by atoms with Gasteiger partial charge < -0.3 is 9.64 Å². The van der Waals surface area contributed by atoms with E-state index in [2.05, 4.69) is 0 Å². The Balaban J connectivity index is 1.68. The number of anilines is 1. The summed E-state index contributed by atoms with van der Waals surface area (Å²) in [5.41, 5.74) is 2.41. The van der Waals surface area contributed by atoms with Crippen molar-refractivity contribution in [3.63, 3.8) is 0 Å². The van der Waals surface area contributed by atoms with Gasteiger partial charge in [0.1, 0.15) is 11.6 Å². The summed E-state index contributed by atoms with van der Waals surface area (Å²) in [7, 11) is 1.63. The highest BCUT2D eigenvalue weighted by molar-refractivity contribution is 7.99. The maximum absolute atomic E-state index is 14.2. The van der Waals surface area contributed by atoms with Crippen molar-refractivity contribution in [3.8, 4) is 5.75 Å². The summed E-state index contributed by atoms with van der Waals surface area (Å²) in [6, 6.07) is 22.3. The normalized spacial score (nSPS) is 16.4. The fourth-order valence-electron chi connectivity index (χ4n) is 3.35. The van der Waals surface area contributed by atoms with Crippen LogP contribution in [0.3, 0.4) is 0 Å². The molecule has 0 radical (unpaired) electrons. The standard InChI is InChI=1S/C23H20FNO2S/c1-27-18-12-10-16(11-13-18)22-14-23(26)25(15-17-6-2-3-7-19(17)24)20-8-4-5-9-21(20)28-22/h2-13,22H,14-15H2,1H3. The molecule has 0 saturated carbocycles. The Morgan fingerprint density at radius 1 is 1.04 bits per heavy atom. The van der Waals surface area contributed by atoms with Crippen LogP contribution in [0.15, 0.2) is 77.7 Å². The van der Waals surface area contributed by atoms with Crippen molar-refractivity contribution in [1.29, 1.82) is 0 Å². The van der Waals surface area contributed by atoms with Crippen molar-refractivity contribution in [3.05, 3.63) is 89.7 Å². The number of rotatable bonds is 4. The van der Waals surface area contributed by atoms with E-state index in [1.54, 1.807) is 42.0 Å². The van der Waals surface area contributed by atoms with Crippen LogP contribution in [0.1, 0.15) is 22.8 Å². The number of hydrogen-bond acceptors (Lipinski definition) is 3. The molecule has 0 aromatic heterocycles. The van der Waals surface area contributed by atoms with Crippen molar-refractivity contribution in [2.24, 2.45) is 0 Å². The number of methoxy groups -OCH3 is 1. The van der Waals surface area contributed by atoms with Gasteiger partial charge in [-0.2, -0.15) is 0 Å². The molecule has 5 heteroatoms. The lowest BCUT2D eigenvalue weighted by Gasteiger charge is -2.23. The summed E-state index contributed by atoms with van der Waals surface area (Å²) < 4.78 is 19.4. The van der Waals surface area contributed by atoms with Gasteiger partial charge in [0.15, 0.2) is 0 Å². The van der Waals surface area contributed by atoms with E-state index < -0.39 is 0 Å². The first-order valence-corrected chi connectivity index (χ1v) is 9.97. The van der Waals surface area contributed by atoms with E-state index in [0.717, 1.165) is 21.9 Å². The molecule has 0 N–H and O–H groups in total. The molecule has 1 amide bonds. The van der Waals surface area contributed by atoms with Crippen molar-refractivity contribution < 1.29 is 13.9 Å². The highest BCUT2D eigenvalue weighted by atomic mass is 32.2. The zero-order chi connectivity index (χ0) is 19.5. The van der Waals surface area contributed by atoms with Gasteiger partial charge in [-0.1, -0.05) is 42.5 Å². The van der Waals surface area contributed by atoms with Gasteiger partial charge in [0.25, 0.3) is 0 Å². The van der Waals surface area contributed by atoms with Gasteiger partial charge in [-0.25, -0.2) is 4.39 Å². The van der Waals surface area contributed by atoms with Gasteiger partial charge in [0, 0.05) is 22.1 Å². The van der Waals surface area contributed by atoms with E-state index in [9.17, 15) is 9.18 Å². The van der Waals surface area contributed by atoms with E-state index in [1.165, 1.54) is 6.07 Å². The lowest BCUT2D eigenvalue weighted by atomic mass is 10.1. The van der Waals surface area contributed by atoms with Crippen molar-refractivity contribution in [2.45, 2.75) is 23.1 Å². The molecule has 1 heterocycles. The van der Waals surface area contributed by atoms with Crippen LogP contribution in [0, 0.1) is 5.82 Å². The molecule has 1 aliphatic heterocycles. The van der Waals surface area contributed by atoms with Gasteiger partial charge in [-0.15, -0.1) is 11.8 Å². The monoisotopic (exact) mass is 393 g/mol. The number of benzene rings is 3. The van der Waals surface area contributed by atoms with E-state index in [1.807, 2.05) is 48.5 Å². The Morgan fingerprint density at radius 2 is 1.75 bits per heavy atom. The van der Waals surface area contributed by atoms with E-state index in [0.29, 0.717) is 12.0 Å². The van der Waals surface area contributed by atoms with Crippen LogP contribution in [0.25, 0.3) is 0 Å². The van der Waals surface area contributed by atoms with Gasteiger partial charge in [0.2, 0.25) is 5.91 Å². The first-order chi connectivity index (χ1) is 13.7. The zero-order valence-corrected chi connectivity index (χ0v) is 16.3. The minimum absolute atomic E-state index is 0.00910. The number of nitrogens with zero attached hydrogens (tertiary/aromatic N) is 1. The SMILES string of the molecule is COc1ccc(C2CC(=O)N(Cc3ccccc3F)c3ccccc3S2)cc1. The molecule has 0 spiro atoms. The lowest BCUT2D eigenvalue weighted by molar-refractivity contribution is -0.118. The molecule has 1 aliphatic rings. The topological polar surface area (TPSA) is 29.5 Å². The molecule has 3 aromatic rings. The van der Waals surface area contributed by atoms with E-state index >= 15 is 0 Å². The van der Waals surface area contributed by atoms with Crippen LogP contribution < -0.4 is 9.64 Å². The largest absolute Gasteiger partial charge is 0.497 e. The second kappa shape index (κ2) is 8.07. The molecule has 3 aromatic carbocycles. The number of fused-ring (bicyclic) bond motifs is 1. The van der Waals surface area contributed by atoms with Crippen molar-refractivity contribution >= 4 is 23.4 Å². The second-order valence-corrected chi connectivity index (χ2v) is 7.87. The predicted octanol–water partition coefficient (Wildman–Crippen LogP) is 5.60. The average molecular weight is 393 g/mol. The molecule has 0 aliphatic carbocycles. The number of carbonyl (C=O) groups is 1. The maximum atomic E-state index is 14.2. The molecular formula is C23H20FNO2S. The van der Waals surface area contributed by atoms with Gasteiger partial charge in [0.05, 0.1) is 19.3 Å². The summed E-state index contributed by atoms with van der Waals surface area (Å²) >= 11 is 1.67. The third-order valence-corrected chi connectivity index (χ3v) is 6.18.